The first kappa shape index (κ1) is 13.9. The molecule has 1 aliphatic rings. The summed E-state index contributed by atoms with van der Waals surface area (Å²) in [6.07, 6.45) is 4.22. The van der Waals surface area contributed by atoms with Crippen LogP contribution < -0.4 is 0 Å². The molecule has 13 heavy (non-hydrogen) atoms. The summed E-state index contributed by atoms with van der Waals surface area (Å²) in [6.45, 7) is 8.67. The van der Waals surface area contributed by atoms with Crippen LogP contribution in [0.3, 0.4) is 0 Å². The maximum absolute atomic E-state index is 8.79. The van der Waals surface area contributed by atoms with Crippen molar-refractivity contribution < 1.29 is 49.2 Å². The molecular weight excluding hydrogens is 375 g/mol. The number of allylic oxidation sites excluding steroid dienone is 2. The third kappa shape index (κ3) is 3.86. The van der Waals surface area contributed by atoms with Gasteiger partial charge in [0.15, 0.2) is 0 Å². The fourth-order valence-electron chi connectivity index (χ4n) is 1.98. The van der Waals surface area contributed by atoms with E-state index in [0.717, 1.165) is 12.3 Å². The normalized spacial score (nSPS) is 31.6. The van der Waals surface area contributed by atoms with Crippen molar-refractivity contribution in [2.75, 3.05) is 6.61 Å². The fraction of sp³-hybridized carbons (Fsp3) is 0.636. The van der Waals surface area contributed by atoms with E-state index in [-0.39, 0.29) is 50.7 Å². The molecule has 0 aliphatic heterocycles. The summed E-state index contributed by atoms with van der Waals surface area (Å²) in [4.78, 5) is 0. The second-order valence-corrected chi connectivity index (χ2v) is 3.88. The number of hydrogen-bond acceptors (Lipinski definition) is 1. The van der Waals surface area contributed by atoms with Crippen LogP contribution in [0.1, 0.15) is 26.7 Å². The monoisotopic (exact) mass is 393 g/mol. The van der Waals surface area contributed by atoms with Gasteiger partial charge in [0, 0.05) is 44.1 Å². The first-order valence-electron chi connectivity index (χ1n) is 4.64. The van der Waals surface area contributed by atoms with Gasteiger partial charge in [0.25, 0.3) is 0 Å². The van der Waals surface area contributed by atoms with Gasteiger partial charge in [-0.15, -0.1) is 0 Å². The maximum Gasteiger partial charge on any atom is 0.0618 e. The smallest absolute Gasteiger partial charge is 0.0618 e. The van der Waals surface area contributed by atoms with E-state index in [1.165, 1.54) is 17.6 Å². The van der Waals surface area contributed by atoms with Crippen molar-refractivity contribution in [3.8, 4) is 0 Å². The number of rotatable bonds is 1. The minimum absolute atomic E-state index is 0. The zero-order valence-electron chi connectivity index (χ0n) is 8.59. The van der Waals surface area contributed by atoms with Crippen molar-refractivity contribution in [3.63, 3.8) is 0 Å². The van der Waals surface area contributed by atoms with Crippen LogP contribution in [-0.4, -0.2) is 11.7 Å². The summed E-state index contributed by atoms with van der Waals surface area (Å²) >= 11 is 0. The van der Waals surface area contributed by atoms with Gasteiger partial charge in [0.1, 0.15) is 0 Å². The first-order valence-corrected chi connectivity index (χ1v) is 4.64. The average Bonchev–Trinajstić information content (AvgIpc) is 2.00. The van der Waals surface area contributed by atoms with E-state index >= 15 is 0 Å². The van der Waals surface area contributed by atoms with Crippen molar-refractivity contribution in [3.05, 3.63) is 23.8 Å². The van der Waals surface area contributed by atoms with E-state index in [0.29, 0.717) is 5.92 Å². The molecule has 1 aliphatic carbocycles. The molecule has 0 amide bonds. The van der Waals surface area contributed by atoms with E-state index in [4.69, 9.17) is 5.11 Å². The van der Waals surface area contributed by atoms with Crippen LogP contribution in [0.5, 0.6) is 0 Å². The van der Waals surface area contributed by atoms with Crippen LogP contribution in [-0.2, 0) is 0 Å². The third-order valence-electron chi connectivity index (χ3n) is 2.67. The molecule has 71 valence electrons. The Morgan fingerprint density at radius 1 is 1.54 bits per heavy atom. The topological polar surface area (TPSA) is 20.2 Å². The Kier molecular flexibility index (Phi) is 6.81. The van der Waals surface area contributed by atoms with E-state index in [2.05, 4.69) is 20.4 Å². The molecule has 1 N–H and O–H groups in total. The van der Waals surface area contributed by atoms with Crippen LogP contribution in [0.4, 0.5) is 0 Å². The predicted octanol–water partition coefficient (Wildman–Crippen LogP) is 2.53. The minimum atomic E-state index is 0. The molecule has 1 fully saturated rings. The molecule has 0 heterocycles. The molecule has 0 aromatic carbocycles. The van der Waals surface area contributed by atoms with Gasteiger partial charge in [-0.25, -0.2) is 0 Å². The Hall–Kier alpha value is 0.882. The van der Waals surface area contributed by atoms with Crippen LogP contribution in [0, 0.1) is 55.9 Å². The summed E-state index contributed by atoms with van der Waals surface area (Å²) < 4.78 is 0. The maximum atomic E-state index is 8.79. The van der Waals surface area contributed by atoms with E-state index in [1.54, 1.807) is 0 Å². The molecule has 0 saturated heterocycles. The van der Waals surface area contributed by atoms with Gasteiger partial charge >= 0.3 is 0 Å². The van der Waals surface area contributed by atoms with Gasteiger partial charge in [0.2, 0.25) is 0 Å². The van der Waals surface area contributed by atoms with Crippen molar-refractivity contribution in [1.29, 1.82) is 0 Å². The molecular formula is C11H18AcO. The van der Waals surface area contributed by atoms with Crippen LogP contribution in [0.15, 0.2) is 23.8 Å². The molecule has 0 aromatic heterocycles. The van der Waals surface area contributed by atoms with Gasteiger partial charge in [-0.1, -0.05) is 26.5 Å². The Balaban J connectivity index is 0.00000144. The molecule has 2 atom stereocenters. The van der Waals surface area contributed by atoms with Crippen molar-refractivity contribution in [1.82, 2.24) is 0 Å². The van der Waals surface area contributed by atoms with Crippen LogP contribution in [0.2, 0.25) is 0 Å². The van der Waals surface area contributed by atoms with E-state index in [1.807, 2.05) is 6.08 Å². The quantitative estimate of drug-likeness (QED) is 0.726. The SMILES string of the molecule is C=C1/C(=C/CO)CC(C)CC1C.[Ac]. The Morgan fingerprint density at radius 2 is 2.15 bits per heavy atom. The molecule has 0 spiro atoms. The number of aliphatic hydroxyl groups is 1. The van der Waals surface area contributed by atoms with Crippen molar-refractivity contribution in [2.45, 2.75) is 26.7 Å². The van der Waals surface area contributed by atoms with Gasteiger partial charge in [-0.05, 0) is 35.8 Å². The summed E-state index contributed by atoms with van der Waals surface area (Å²) in [6, 6.07) is 0. The third-order valence-corrected chi connectivity index (χ3v) is 2.67. The molecule has 1 radical (unpaired) electrons. The van der Waals surface area contributed by atoms with Gasteiger partial charge in [0.05, 0.1) is 6.61 Å². The van der Waals surface area contributed by atoms with Crippen LogP contribution in [0.25, 0.3) is 0 Å². The second kappa shape index (κ2) is 6.38. The number of aliphatic hydroxyl groups excluding tert-OH is 1. The van der Waals surface area contributed by atoms with Gasteiger partial charge in [-0.3, -0.25) is 0 Å². The fourth-order valence-corrected chi connectivity index (χ4v) is 1.98. The van der Waals surface area contributed by atoms with Gasteiger partial charge < -0.3 is 5.11 Å². The zero-order valence-corrected chi connectivity index (χ0v) is 13.3. The van der Waals surface area contributed by atoms with Crippen LogP contribution >= 0.6 is 0 Å². The Bertz CT molecular complexity index is 208. The second-order valence-electron chi connectivity index (χ2n) is 3.88. The standard InChI is InChI=1S/C11H18O.Ac/c1-8-6-9(2)10(3)11(7-8)4-5-12;/h4,8-9,12H,3,5-7H2,1-2H3;/b11-4+;. The Morgan fingerprint density at radius 3 is 2.69 bits per heavy atom. The zero-order chi connectivity index (χ0) is 9.14. The molecule has 0 bridgehead atoms. The van der Waals surface area contributed by atoms with E-state index < -0.39 is 0 Å². The molecule has 0 aromatic rings. The summed E-state index contributed by atoms with van der Waals surface area (Å²) in [5, 5.41) is 8.79. The van der Waals surface area contributed by atoms with E-state index in [9.17, 15) is 0 Å². The van der Waals surface area contributed by atoms with Crippen molar-refractivity contribution in [2.24, 2.45) is 11.8 Å². The molecule has 2 heteroatoms. The molecule has 1 nitrogen and oxygen atoms in total. The van der Waals surface area contributed by atoms with Crippen molar-refractivity contribution >= 4 is 0 Å². The largest absolute Gasteiger partial charge is 0.392 e. The summed E-state index contributed by atoms with van der Waals surface area (Å²) in [7, 11) is 0. The minimum Gasteiger partial charge on any atom is -0.392 e. The molecule has 2 unspecified atom stereocenters. The number of hydrogen-bond donors (Lipinski definition) is 1. The summed E-state index contributed by atoms with van der Waals surface area (Å²) in [5.74, 6) is 1.33. The average molecular weight is 393 g/mol. The molecule has 1 saturated carbocycles. The Labute approximate surface area is 117 Å². The molecule has 1 rings (SSSR count). The summed E-state index contributed by atoms with van der Waals surface area (Å²) in [5.41, 5.74) is 2.49. The van der Waals surface area contributed by atoms with Gasteiger partial charge in [-0.2, -0.15) is 0 Å². The first-order chi connectivity index (χ1) is 5.65. The predicted molar refractivity (Wildman–Crippen MR) is 51.9 cm³/mol.